The van der Waals surface area contributed by atoms with Crippen LogP contribution in [0.5, 0.6) is 0 Å². The minimum atomic E-state index is -0.181. The van der Waals surface area contributed by atoms with Crippen molar-refractivity contribution in [3.05, 3.63) is 50.6 Å². The van der Waals surface area contributed by atoms with E-state index in [-0.39, 0.29) is 5.56 Å². The topological polar surface area (TPSA) is 69.0 Å². The molecule has 112 valence electrons. The Morgan fingerprint density at radius 1 is 1.43 bits per heavy atom. The van der Waals surface area contributed by atoms with E-state index >= 15 is 0 Å². The fourth-order valence-corrected chi connectivity index (χ4v) is 2.24. The number of halogens is 1. The van der Waals surface area contributed by atoms with E-state index in [1.54, 1.807) is 19.5 Å². The van der Waals surface area contributed by atoms with Crippen LogP contribution in [0.1, 0.15) is 11.1 Å². The minimum absolute atomic E-state index is 0.181. The van der Waals surface area contributed by atoms with Crippen LogP contribution in [0.25, 0.3) is 0 Å². The maximum atomic E-state index is 12.1. The van der Waals surface area contributed by atoms with Gasteiger partial charge in [0.1, 0.15) is 4.47 Å². The van der Waals surface area contributed by atoms with Gasteiger partial charge in [0.25, 0.3) is 5.56 Å². The lowest BCUT2D eigenvalue weighted by atomic mass is 10.1. The summed E-state index contributed by atoms with van der Waals surface area (Å²) < 4.78 is 6.79. The molecule has 0 amide bonds. The first-order valence-electron chi connectivity index (χ1n) is 6.51. The number of methoxy groups -OCH3 is 1. The quantitative estimate of drug-likeness (QED) is 0.860. The highest BCUT2D eigenvalue weighted by molar-refractivity contribution is 9.10. The van der Waals surface area contributed by atoms with Crippen LogP contribution in [-0.4, -0.2) is 28.5 Å². The van der Waals surface area contributed by atoms with Crippen molar-refractivity contribution in [1.82, 2.24) is 14.8 Å². The molecule has 0 aromatic carbocycles. The van der Waals surface area contributed by atoms with Gasteiger partial charge in [0.2, 0.25) is 0 Å². The number of hydrogen-bond acceptors (Lipinski definition) is 5. The molecule has 0 radical (unpaired) electrons. The molecule has 2 aromatic rings. The predicted molar refractivity (Wildman–Crippen MR) is 84.4 cm³/mol. The Morgan fingerprint density at radius 3 is 2.95 bits per heavy atom. The van der Waals surface area contributed by atoms with Gasteiger partial charge in [-0.2, -0.15) is 5.10 Å². The van der Waals surface area contributed by atoms with Gasteiger partial charge in [0.15, 0.2) is 0 Å². The minimum Gasteiger partial charge on any atom is -0.383 e. The summed E-state index contributed by atoms with van der Waals surface area (Å²) in [5.41, 5.74) is 2.71. The van der Waals surface area contributed by atoms with Gasteiger partial charge in [0.05, 0.1) is 25.0 Å². The third-order valence-corrected chi connectivity index (χ3v) is 3.88. The second kappa shape index (κ2) is 7.33. The van der Waals surface area contributed by atoms with Crippen molar-refractivity contribution in [2.24, 2.45) is 0 Å². The number of nitrogens with zero attached hydrogens (tertiary/aromatic N) is 3. The van der Waals surface area contributed by atoms with Gasteiger partial charge < -0.3 is 10.1 Å². The third kappa shape index (κ3) is 3.89. The Bertz CT molecular complexity index is 672. The molecule has 0 atom stereocenters. The maximum absolute atomic E-state index is 12.1. The molecule has 0 fully saturated rings. The average Bonchev–Trinajstić information content (AvgIpc) is 2.49. The first kappa shape index (κ1) is 15.7. The molecule has 21 heavy (non-hydrogen) atoms. The van der Waals surface area contributed by atoms with E-state index in [4.69, 9.17) is 4.74 Å². The predicted octanol–water partition coefficient (Wildman–Crippen LogP) is 1.97. The van der Waals surface area contributed by atoms with Crippen molar-refractivity contribution in [2.45, 2.75) is 20.0 Å². The standard InChI is InChI=1S/C14H17BrN4O2/c1-10-3-4-16-7-11(10)8-17-12-9-18-19(5-6-21-2)14(20)13(12)15/h3-4,7,9,17H,5-6,8H2,1-2H3. The molecule has 0 saturated carbocycles. The monoisotopic (exact) mass is 352 g/mol. The second-order valence-corrected chi connectivity index (χ2v) is 5.34. The number of nitrogens with one attached hydrogen (secondary N) is 1. The van der Waals surface area contributed by atoms with Crippen molar-refractivity contribution in [3.63, 3.8) is 0 Å². The van der Waals surface area contributed by atoms with Crippen LogP contribution in [0.2, 0.25) is 0 Å². The molecule has 0 aliphatic heterocycles. The average molecular weight is 353 g/mol. The molecule has 0 aliphatic rings. The Kier molecular flexibility index (Phi) is 5.46. The molecule has 1 N–H and O–H groups in total. The van der Waals surface area contributed by atoms with Gasteiger partial charge in [-0.15, -0.1) is 0 Å². The Labute approximate surface area is 131 Å². The Balaban J connectivity index is 2.13. The van der Waals surface area contributed by atoms with Gasteiger partial charge in [-0.05, 0) is 40.0 Å². The number of pyridine rings is 1. The lowest BCUT2D eigenvalue weighted by Gasteiger charge is -2.11. The molecule has 6 nitrogen and oxygen atoms in total. The first-order chi connectivity index (χ1) is 10.1. The fourth-order valence-electron chi connectivity index (χ4n) is 1.80. The largest absolute Gasteiger partial charge is 0.383 e. The van der Waals surface area contributed by atoms with E-state index in [0.29, 0.717) is 29.9 Å². The van der Waals surface area contributed by atoms with Crippen LogP contribution in [0.4, 0.5) is 5.69 Å². The number of aryl methyl sites for hydroxylation is 1. The number of rotatable bonds is 6. The molecule has 0 unspecified atom stereocenters. The molecule has 2 heterocycles. The van der Waals surface area contributed by atoms with Gasteiger partial charge in [-0.1, -0.05) is 0 Å². The van der Waals surface area contributed by atoms with Crippen LogP contribution in [0.3, 0.4) is 0 Å². The fraction of sp³-hybridized carbons (Fsp3) is 0.357. The SMILES string of the molecule is COCCn1ncc(NCc2cnccc2C)c(Br)c1=O. The molecular weight excluding hydrogens is 336 g/mol. The summed E-state index contributed by atoms with van der Waals surface area (Å²) in [5, 5.41) is 7.33. The van der Waals surface area contributed by atoms with Crippen molar-refractivity contribution in [1.29, 1.82) is 0 Å². The highest BCUT2D eigenvalue weighted by Crippen LogP contribution is 2.17. The van der Waals surface area contributed by atoms with Gasteiger partial charge in [0, 0.05) is 26.0 Å². The summed E-state index contributed by atoms with van der Waals surface area (Å²) >= 11 is 3.32. The third-order valence-electron chi connectivity index (χ3n) is 3.11. The van der Waals surface area contributed by atoms with Crippen LogP contribution in [0, 0.1) is 6.92 Å². The molecule has 0 saturated heterocycles. The summed E-state index contributed by atoms with van der Waals surface area (Å²) in [6, 6.07) is 1.95. The van der Waals surface area contributed by atoms with E-state index in [1.165, 1.54) is 4.68 Å². The molecule has 0 bridgehead atoms. The van der Waals surface area contributed by atoms with Gasteiger partial charge >= 0.3 is 0 Å². The smallest absolute Gasteiger partial charge is 0.283 e. The molecular formula is C14H17BrN4O2. The van der Waals surface area contributed by atoms with E-state index in [0.717, 1.165) is 11.1 Å². The van der Waals surface area contributed by atoms with Gasteiger partial charge in [-0.3, -0.25) is 9.78 Å². The van der Waals surface area contributed by atoms with E-state index < -0.39 is 0 Å². The lowest BCUT2D eigenvalue weighted by molar-refractivity contribution is 0.181. The van der Waals surface area contributed by atoms with E-state index in [9.17, 15) is 4.79 Å². The highest BCUT2D eigenvalue weighted by Gasteiger charge is 2.09. The molecule has 7 heteroatoms. The Hall–Kier alpha value is -1.73. The van der Waals surface area contributed by atoms with Crippen LogP contribution >= 0.6 is 15.9 Å². The van der Waals surface area contributed by atoms with Gasteiger partial charge in [-0.25, -0.2) is 4.68 Å². The number of anilines is 1. The number of hydrogen-bond donors (Lipinski definition) is 1. The second-order valence-electron chi connectivity index (χ2n) is 4.55. The summed E-state index contributed by atoms with van der Waals surface area (Å²) in [6.45, 7) is 3.48. The van der Waals surface area contributed by atoms with Crippen molar-refractivity contribution in [3.8, 4) is 0 Å². The molecule has 2 aromatic heterocycles. The summed E-state index contributed by atoms with van der Waals surface area (Å²) in [6.07, 6.45) is 5.20. The zero-order valence-corrected chi connectivity index (χ0v) is 13.6. The summed E-state index contributed by atoms with van der Waals surface area (Å²) in [7, 11) is 1.59. The number of ether oxygens (including phenoxy) is 1. The van der Waals surface area contributed by atoms with E-state index in [1.807, 2.05) is 19.2 Å². The lowest BCUT2D eigenvalue weighted by Crippen LogP contribution is -2.26. The highest BCUT2D eigenvalue weighted by atomic mass is 79.9. The molecule has 2 rings (SSSR count). The van der Waals surface area contributed by atoms with Crippen LogP contribution in [0.15, 0.2) is 33.9 Å². The number of aromatic nitrogens is 3. The van der Waals surface area contributed by atoms with Crippen molar-refractivity contribution >= 4 is 21.6 Å². The zero-order valence-electron chi connectivity index (χ0n) is 12.0. The summed E-state index contributed by atoms with van der Waals surface area (Å²) in [5.74, 6) is 0. The van der Waals surface area contributed by atoms with Crippen LogP contribution in [-0.2, 0) is 17.8 Å². The molecule has 0 aliphatic carbocycles. The zero-order chi connectivity index (χ0) is 15.2. The maximum Gasteiger partial charge on any atom is 0.283 e. The van der Waals surface area contributed by atoms with E-state index in [2.05, 4.69) is 31.3 Å². The first-order valence-corrected chi connectivity index (χ1v) is 7.30. The van der Waals surface area contributed by atoms with Crippen molar-refractivity contribution < 1.29 is 4.74 Å². The van der Waals surface area contributed by atoms with Crippen molar-refractivity contribution in [2.75, 3.05) is 19.0 Å². The van der Waals surface area contributed by atoms with Crippen LogP contribution < -0.4 is 10.9 Å². The molecule has 0 spiro atoms. The Morgan fingerprint density at radius 2 is 2.24 bits per heavy atom. The normalized spacial score (nSPS) is 10.6. The summed E-state index contributed by atoms with van der Waals surface area (Å²) in [4.78, 5) is 16.2.